The molecule has 0 fully saturated rings. The lowest BCUT2D eigenvalue weighted by Crippen LogP contribution is -2.32. The minimum Gasteiger partial charge on any atom is -0.465 e. The molecule has 0 heterocycles. The summed E-state index contributed by atoms with van der Waals surface area (Å²) in [5, 5.41) is 0. The Kier molecular flexibility index (Phi) is 7.69. The summed E-state index contributed by atoms with van der Waals surface area (Å²) in [4.78, 5) is 11.1. The molecule has 0 aromatic carbocycles. The van der Waals surface area contributed by atoms with E-state index in [0.717, 1.165) is 25.7 Å². The molecule has 0 spiro atoms. The van der Waals surface area contributed by atoms with E-state index in [-0.39, 0.29) is 5.97 Å². The number of hydrogen-bond acceptors (Lipinski definition) is 3. The lowest BCUT2D eigenvalue weighted by Gasteiger charge is -2.09. The maximum absolute atomic E-state index is 11.1. The zero-order valence-electron chi connectivity index (χ0n) is 8.71. The lowest BCUT2D eigenvalue weighted by atomic mass is 10.2. The molecule has 3 nitrogen and oxygen atoms in total. The van der Waals surface area contributed by atoms with Crippen LogP contribution < -0.4 is 5.73 Å². The smallest absolute Gasteiger partial charge is 0.322 e. The number of ether oxygens (including phenoxy) is 1. The van der Waals surface area contributed by atoms with Crippen molar-refractivity contribution in [1.29, 1.82) is 0 Å². The van der Waals surface area contributed by atoms with Crippen molar-refractivity contribution in [3.05, 3.63) is 0 Å². The Labute approximate surface area is 80.6 Å². The Balaban J connectivity index is 3.38. The predicted molar refractivity (Wildman–Crippen MR) is 53.4 cm³/mol. The number of esters is 1. The average Bonchev–Trinajstić information content (AvgIpc) is 2.12. The van der Waals surface area contributed by atoms with Gasteiger partial charge in [0.2, 0.25) is 0 Å². The third-order valence-corrected chi connectivity index (χ3v) is 1.89. The first kappa shape index (κ1) is 12.4. The number of unbranched alkanes of at least 4 members (excludes halogenated alkanes) is 2. The Hall–Kier alpha value is -0.570. The van der Waals surface area contributed by atoms with Crippen molar-refractivity contribution in [3.8, 4) is 0 Å². The fraction of sp³-hybridized carbons (Fsp3) is 0.900. The van der Waals surface area contributed by atoms with E-state index in [1.165, 1.54) is 0 Å². The van der Waals surface area contributed by atoms with E-state index in [2.05, 4.69) is 6.92 Å². The van der Waals surface area contributed by atoms with E-state index in [1.54, 1.807) is 0 Å². The van der Waals surface area contributed by atoms with Crippen molar-refractivity contribution >= 4 is 5.97 Å². The van der Waals surface area contributed by atoms with Crippen LogP contribution in [0, 0.1) is 0 Å². The topological polar surface area (TPSA) is 52.3 Å². The minimum absolute atomic E-state index is 0.252. The van der Waals surface area contributed by atoms with Crippen LogP contribution in [-0.4, -0.2) is 18.6 Å². The molecule has 0 aliphatic rings. The normalized spacial score (nSPS) is 12.5. The molecule has 78 valence electrons. The first-order valence-electron chi connectivity index (χ1n) is 5.14. The summed E-state index contributed by atoms with van der Waals surface area (Å²) in [7, 11) is 0. The summed E-state index contributed by atoms with van der Waals surface area (Å²) in [5.74, 6) is -0.252. The van der Waals surface area contributed by atoms with E-state index in [1.807, 2.05) is 6.92 Å². The maximum atomic E-state index is 11.1. The van der Waals surface area contributed by atoms with Gasteiger partial charge in [-0.1, -0.05) is 33.1 Å². The zero-order chi connectivity index (χ0) is 10.1. The summed E-state index contributed by atoms with van der Waals surface area (Å²) in [5.41, 5.74) is 5.57. The molecule has 0 radical (unpaired) electrons. The molecule has 0 unspecified atom stereocenters. The number of rotatable bonds is 7. The first-order valence-corrected chi connectivity index (χ1v) is 5.14. The molecule has 13 heavy (non-hydrogen) atoms. The Bertz CT molecular complexity index is 137. The van der Waals surface area contributed by atoms with Gasteiger partial charge in [-0.2, -0.15) is 0 Å². The Morgan fingerprint density at radius 2 is 2.00 bits per heavy atom. The molecule has 0 aromatic rings. The van der Waals surface area contributed by atoms with Gasteiger partial charge in [0.05, 0.1) is 6.61 Å². The molecule has 0 bridgehead atoms. The molecule has 0 aliphatic carbocycles. The van der Waals surface area contributed by atoms with Gasteiger partial charge in [0.15, 0.2) is 0 Å². The van der Waals surface area contributed by atoms with E-state index < -0.39 is 6.04 Å². The van der Waals surface area contributed by atoms with Gasteiger partial charge in [-0.15, -0.1) is 0 Å². The standard InChI is InChI=1S/C10H21NO2/c1-3-5-6-8-13-10(12)9(11)7-4-2/h9H,3-8,11H2,1-2H3/t9-/m0/s1. The van der Waals surface area contributed by atoms with Gasteiger partial charge < -0.3 is 10.5 Å². The van der Waals surface area contributed by atoms with Crippen LogP contribution in [0.15, 0.2) is 0 Å². The van der Waals surface area contributed by atoms with Gasteiger partial charge in [0, 0.05) is 0 Å². The van der Waals surface area contributed by atoms with Crippen molar-refractivity contribution in [3.63, 3.8) is 0 Å². The summed E-state index contributed by atoms with van der Waals surface area (Å²) in [6.07, 6.45) is 4.83. The zero-order valence-corrected chi connectivity index (χ0v) is 8.71. The van der Waals surface area contributed by atoms with E-state index in [9.17, 15) is 4.79 Å². The van der Waals surface area contributed by atoms with Crippen LogP contribution in [0.2, 0.25) is 0 Å². The number of carbonyl (C=O) groups is 1. The third-order valence-electron chi connectivity index (χ3n) is 1.89. The van der Waals surface area contributed by atoms with Crippen LogP contribution in [0.1, 0.15) is 46.0 Å². The van der Waals surface area contributed by atoms with Crippen molar-refractivity contribution in [2.24, 2.45) is 5.73 Å². The Morgan fingerprint density at radius 3 is 2.54 bits per heavy atom. The van der Waals surface area contributed by atoms with Crippen molar-refractivity contribution < 1.29 is 9.53 Å². The largest absolute Gasteiger partial charge is 0.465 e. The molecule has 1 atom stereocenters. The van der Waals surface area contributed by atoms with Crippen LogP contribution in [0.25, 0.3) is 0 Å². The van der Waals surface area contributed by atoms with E-state index in [4.69, 9.17) is 10.5 Å². The SMILES string of the molecule is CCCCCOC(=O)[C@@H](N)CCC. The fourth-order valence-corrected chi connectivity index (χ4v) is 1.06. The highest BCUT2D eigenvalue weighted by Crippen LogP contribution is 1.99. The van der Waals surface area contributed by atoms with Gasteiger partial charge in [0.1, 0.15) is 6.04 Å². The highest BCUT2D eigenvalue weighted by Gasteiger charge is 2.12. The lowest BCUT2D eigenvalue weighted by molar-refractivity contribution is -0.145. The highest BCUT2D eigenvalue weighted by molar-refractivity contribution is 5.75. The van der Waals surface area contributed by atoms with E-state index in [0.29, 0.717) is 13.0 Å². The highest BCUT2D eigenvalue weighted by atomic mass is 16.5. The van der Waals surface area contributed by atoms with Crippen LogP contribution in [-0.2, 0) is 9.53 Å². The first-order chi connectivity index (χ1) is 6.22. The van der Waals surface area contributed by atoms with E-state index >= 15 is 0 Å². The molecule has 0 saturated heterocycles. The maximum Gasteiger partial charge on any atom is 0.322 e. The quantitative estimate of drug-likeness (QED) is 0.489. The number of nitrogens with two attached hydrogens (primary N) is 1. The second kappa shape index (κ2) is 8.05. The fourth-order valence-electron chi connectivity index (χ4n) is 1.06. The minimum atomic E-state index is -0.424. The van der Waals surface area contributed by atoms with Crippen LogP contribution >= 0.6 is 0 Å². The predicted octanol–water partition coefficient (Wildman–Crippen LogP) is 1.85. The number of carbonyl (C=O) groups excluding carboxylic acids is 1. The number of hydrogen-bond donors (Lipinski definition) is 1. The van der Waals surface area contributed by atoms with Gasteiger partial charge in [0.25, 0.3) is 0 Å². The Morgan fingerprint density at radius 1 is 1.31 bits per heavy atom. The van der Waals surface area contributed by atoms with Gasteiger partial charge in [-0.05, 0) is 12.8 Å². The summed E-state index contributed by atoms with van der Waals surface area (Å²) < 4.78 is 4.99. The molecule has 0 aromatic heterocycles. The van der Waals surface area contributed by atoms with Crippen molar-refractivity contribution in [2.75, 3.05) is 6.61 Å². The van der Waals surface area contributed by atoms with Crippen LogP contribution in [0.4, 0.5) is 0 Å². The summed E-state index contributed by atoms with van der Waals surface area (Å²) in [6.45, 7) is 4.64. The molecule has 0 amide bonds. The molecule has 2 N–H and O–H groups in total. The summed E-state index contributed by atoms with van der Waals surface area (Å²) >= 11 is 0. The van der Waals surface area contributed by atoms with Crippen molar-refractivity contribution in [2.45, 2.75) is 52.0 Å². The molecule has 0 rings (SSSR count). The van der Waals surface area contributed by atoms with Crippen LogP contribution in [0.3, 0.4) is 0 Å². The second-order valence-electron chi connectivity index (χ2n) is 3.27. The molecule has 0 aliphatic heterocycles. The monoisotopic (exact) mass is 187 g/mol. The average molecular weight is 187 g/mol. The second-order valence-corrected chi connectivity index (χ2v) is 3.27. The van der Waals surface area contributed by atoms with Crippen molar-refractivity contribution in [1.82, 2.24) is 0 Å². The van der Waals surface area contributed by atoms with Gasteiger partial charge in [-0.3, -0.25) is 4.79 Å². The molecular formula is C10H21NO2. The van der Waals surface area contributed by atoms with Gasteiger partial charge in [-0.25, -0.2) is 0 Å². The van der Waals surface area contributed by atoms with Crippen LogP contribution in [0.5, 0.6) is 0 Å². The van der Waals surface area contributed by atoms with Gasteiger partial charge >= 0.3 is 5.97 Å². The molecule has 0 saturated carbocycles. The summed E-state index contributed by atoms with van der Waals surface area (Å²) in [6, 6.07) is -0.424. The molecular weight excluding hydrogens is 166 g/mol. The molecule has 3 heteroatoms. The third kappa shape index (κ3) is 6.58.